The third kappa shape index (κ3) is 6.45. The Hall–Kier alpha value is -3.67. The van der Waals surface area contributed by atoms with E-state index >= 15 is 0 Å². The molecule has 4 aliphatic heterocycles. The van der Waals surface area contributed by atoms with E-state index in [0.29, 0.717) is 6.42 Å². The molecule has 47 heavy (non-hydrogen) atoms. The van der Waals surface area contributed by atoms with Gasteiger partial charge in [-0.3, -0.25) is 4.79 Å². The van der Waals surface area contributed by atoms with Gasteiger partial charge in [0.25, 0.3) is 0 Å². The lowest BCUT2D eigenvalue weighted by atomic mass is 9.72. The standard InChI is InChI=1S/C41H56N4O2/c1-9-13-17-29-25(5)32-21-33-27(7)31(19-15-11-3)38(44-33)24-39-41(40(46)47,20-16-12-4)28(8)35(45-39)22-34-26(6)30(18-14-10-2)37(43-34)23-36(29)42-32/h21-24,39,42,45H,9-20H2,1-8H3,(H,46,47)/b32-21-,34-22-,36-23-,38-24-. The maximum absolute atomic E-state index is 13.4. The number of unbranched alkanes of at least 4 members (excludes halogenated alkanes) is 4. The van der Waals surface area contributed by atoms with Crippen LogP contribution in [-0.2, 0) is 11.2 Å². The second-order valence-electron chi connectivity index (χ2n) is 14.0. The topological polar surface area (TPSA) is 89.8 Å². The van der Waals surface area contributed by atoms with E-state index in [2.05, 4.69) is 83.1 Å². The van der Waals surface area contributed by atoms with Gasteiger partial charge in [0, 0.05) is 16.4 Å². The quantitative estimate of drug-likeness (QED) is 0.203. The van der Waals surface area contributed by atoms with Gasteiger partial charge in [0.1, 0.15) is 5.41 Å². The predicted octanol–water partition coefficient (Wildman–Crippen LogP) is 8.44. The minimum absolute atomic E-state index is 0.423. The van der Waals surface area contributed by atoms with Crippen LogP contribution in [0.5, 0.6) is 0 Å². The van der Waals surface area contributed by atoms with Crippen molar-refractivity contribution in [2.24, 2.45) is 15.4 Å². The summed E-state index contributed by atoms with van der Waals surface area (Å²) in [6.45, 7) is 17.4. The summed E-state index contributed by atoms with van der Waals surface area (Å²) in [5.41, 5.74) is 12.0. The number of carbonyl (C=O) groups is 1. The molecule has 0 fully saturated rings. The van der Waals surface area contributed by atoms with Crippen molar-refractivity contribution in [1.29, 1.82) is 0 Å². The Morgan fingerprint density at radius 3 is 2.04 bits per heavy atom. The molecule has 3 N–H and O–H groups in total. The maximum atomic E-state index is 13.4. The molecular weight excluding hydrogens is 580 g/mol. The minimum atomic E-state index is -1.06. The monoisotopic (exact) mass is 636 g/mol. The van der Waals surface area contributed by atoms with Crippen molar-refractivity contribution in [2.75, 3.05) is 0 Å². The number of hydrogen-bond donors (Lipinski definition) is 3. The first-order valence-electron chi connectivity index (χ1n) is 18.2. The smallest absolute Gasteiger partial charge is 0.316 e. The first-order chi connectivity index (χ1) is 22.6. The SMILES string of the molecule is CCCCC1=C(C)/C2=C/C3=C(C)C(CCCC)(C(=O)O)C(/C=C4N=C(/C=c5\[nH]/c(c(CCCC)c5C)=C\C1=N2)C(C)=C\4CCCC)N3. The van der Waals surface area contributed by atoms with Crippen LogP contribution < -0.4 is 16.0 Å². The Kier molecular flexibility index (Phi) is 10.8. The number of aromatic amines is 1. The van der Waals surface area contributed by atoms with Crippen molar-refractivity contribution in [2.45, 2.75) is 138 Å². The fraction of sp³-hybridized carbons (Fsp3) is 0.537. The van der Waals surface area contributed by atoms with E-state index in [9.17, 15) is 9.90 Å². The molecule has 6 heteroatoms. The normalized spacial score (nSPS) is 25.8. The molecule has 0 amide bonds. The number of allylic oxidation sites excluding steroid dienone is 5. The number of nitrogens with zero attached hydrogens (tertiary/aromatic N) is 2. The molecule has 4 aliphatic rings. The highest BCUT2D eigenvalue weighted by molar-refractivity contribution is 6.24. The number of aliphatic carboxylic acids is 1. The van der Waals surface area contributed by atoms with Crippen LogP contribution >= 0.6 is 0 Å². The molecule has 8 bridgehead atoms. The summed E-state index contributed by atoms with van der Waals surface area (Å²) >= 11 is 0. The molecule has 1 aromatic heterocycles. The van der Waals surface area contributed by atoms with Crippen LogP contribution in [0.25, 0.3) is 12.2 Å². The highest BCUT2D eigenvalue weighted by Gasteiger charge is 2.51. The molecule has 1 aromatic rings. The van der Waals surface area contributed by atoms with Crippen LogP contribution in [0.15, 0.2) is 67.1 Å². The summed E-state index contributed by atoms with van der Waals surface area (Å²) in [4.78, 5) is 27.8. The van der Waals surface area contributed by atoms with Crippen molar-refractivity contribution >= 4 is 29.5 Å². The van der Waals surface area contributed by atoms with Crippen LogP contribution in [0.3, 0.4) is 0 Å². The van der Waals surface area contributed by atoms with Crippen LogP contribution in [0.4, 0.5) is 0 Å². The Morgan fingerprint density at radius 1 is 0.766 bits per heavy atom. The highest BCUT2D eigenvalue weighted by atomic mass is 16.4. The Labute approximate surface area is 282 Å². The van der Waals surface area contributed by atoms with Crippen molar-refractivity contribution < 1.29 is 9.90 Å². The van der Waals surface area contributed by atoms with Gasteiger partial charge in [0.05, 0.1) is 28.9 Å². The zero-order valence-corrected chi connectivity index (χ0v) is 30.1. The lowest BCUT2D eigenvalue weighted by Crippen LogP contribution is -2.44. The van der Waals surface area contributed by atoms with E-state index in [1.54, 1.807) is 0 Å². The largest absolute Gasteiger partial charge is 0.481 e. The molecule has 0 aliphatic carbocycles. The van der Waals surface area contributed by atoms with Gasteiger partial charge in [-0.15, -0.1) is 0 Å². The van der Waals surface area contributed by atoms with E-state index < -0.39 is 17.4 Å². The van der Waals surface area contributed by atoms with Crippen LogP contribution in [0, 0.1) is 12.3 Å². The lowest BCUT2D eigenvalue weighted by molar-refractivity contribution is -0.147. The Morgan fingerprint density at radius 2 is 1.38 bits per heavy atom. The number of aliphatic imine (C=N–C) groups is 2. The molecule has 252 valence electrons. The molecule has 0 saturated carbocycles. The molecule has 2 unspecified atom stereocenters. The van der Waals surface area contributed by atoms with E-state index in [1.165, 1.54) is 33.4 Å². The minimum Gasteiger partial charge on any atom is -0.481 e. The average molecular weight is 637 g/mol. The summed E-state index contributed by atoms with van der Waals surface area (Å²) in [5.74, 6) is -0.776. The molecule has 0 radical (unpaired) electrons. The molecule has 6 nitrogen and oxygen atoms in total. The fourth-order valence-corrected chi connectivity index (χ4v) is 7.73. The van der Waals surface area contributed by atoms with Gasteiger partial charge in [0.15, 0.2) is 0 Å². The van der Waals surface area contributed by atoms with Crippen molar-refractivity contribution in [3.63, 3.8) is 0 Å². The molecule has 5 heterocycles. The molecule has 0 spiro atoms. The van der Waals surface area contributed by atoms with Gasteiger partial charge in [-0.1, -0.05) is 59.8 Å². The van der Waals surface area contributed by atoms with Gasteiger partial charge in [-0.2, -0.15) is 0 Å². The summed E-state index contributed by atoms with van der Waals surface area (Å²) in [6, 6.07) is -0.423. The van der Waals surface area contributed by atoms with E-state index in [1.807, 2.05) is 6.92 Å². The average Bonchev–Trinajstić information content (AvgIpc) is 3.69. The summed E-state index contributed by atoms with van der Waals surface area (Å²) in [7, 11) is 0. The van der Waals surface area contributed by atoms with Crippen molar-refractivity contribution in [1.82, 2.24) is 10.3 Å². The van der Waals surface area contributed by atoms with E-state index in [-0.39, 0.29) is 0 Å². The molecule has 0 aromatic carbocycles. The van der Waals surface area contributed by atoms with Gasteiger partial charge in [0.2, 0.25) is 0 Å². The first-order valence-corrected chi connectivity index (χ1v) is 18.2. The van der Waals surface area contributed by atoms with Gasteiger partial charge >= 0.3 is 5.97 Å². The van der Waals surface area contributed by atoms with E-state index in [4.69, 9.17) is 9.98 Å². The number of hydrogen-bond acceptors (Lipinski definition) is 4. The zero-order valence-electron chi connectivity index (χ0n) is 30.1. The summed E-state index contributed by atoms with van der Waals surface area (Å²) < 4.78 is 0. The van der Waals surface area contributed by atoms with Gasteiger partial charge in [-0.05, 0) is 136 Å². The van der Waals surface area contributed by atoms with Crippen LogP contribution in [0.1, 0.15) is 130 Å². The highest BCUT2D eigenvalue weighted by Crippen LogP contribution is 2.46. The zero-order chi connectivity index (χ0) is 33.9. The van der Waals surface area contributed by atoms with E-state index in [0.717, 1.165) is 115 Å². The predicted molar refractivity (Wildman–Crippen MR) is 197 cm³/mol. The number of rotatable bonds is 13. The lowest BCUT2D eigenvalue weighted by Gasteiger charge is -2.31. The first kappa shape index (κ1) is 34.7. The van der Waals surface area contributed by atoms with Crippen molar-refractivity contribution in [3.05, 3.63) is 78.9 Å². The number of nitrogens with one attached hydrogen (secondary N) is 2. The third-order valence-electron chi connectivity index (χ3n) is 11.0. The Bertz CT molecular complexity index is 1770. The number of carboxylic acids is 1. The number of aromatic nitrogens is 1. The summed E-state index contributed by atoms with van der Waals surface area (Å²) in [5, 5.41) is 17.0. The summed E-state index contributed by atoms with van der Waals surface area (Å²) in [6.07, 6.45) is 20.6. The van der Waals surface area contributed by atoms with Crippen molar-refractivity contribution in [3.8, 4) is 0 Å². The second kappa shape index (κ2) is 14.6. The second-order valence-corrected chi connectivity index (χ2v) is 14.0. The number of H-pyrrole nitrogens is 1. The Balaban J connectivity index is 1.84. The van der Waals surface area contributed by atoms with Gasteiger partial charge < -0.3 is 15.4 Å². The molecule has 5 rings (SSSR count). The molecule has 2 atom stereocenters. The van der Waals surface area contributed by atoms with Crippen LogP contribution in [0.2, 0.25) is 0 Å². The molecule has 0 saturated heterocycles. The van der Waals surface area contributed by atoms with Gasteiger partial charge in [-0.25, -0.2) is 9.98 Å². The third-order valence-corrected chi connectivity index (χ3v) is 11.0. The maximum Gasteiger partial charge on any atom is 0.316 e. The fourth-order valence-electron chi connectivity index (χ4n) is 7.73. The molecular formula is C41H56N4O2. The van der Waals surface area contributed by atoms with Crippen LogP contribution in [-0.4, -0.2) is 33.5 Å². The number of fused-ring (bicyclic) bond motifs is 6. The number of carboxylic acid groups (broad SMARTS) is 1.